The SMILES string of the molecule is OCC1=CCN=C1. The zero-order chi connectivity index (χ0) is 5.11. The van der Waals surface area contributed by atoms with Gasteiger partial charge >= 0.3 is 0 Å². The lowest BCUT2D eigenvalue weighted by molar-refractivity contribution is 0.338. The van der Waals surface area contributed by atoms with E-state index < -0.39 is 0 Å². The van der Waals surface area contributed by atoms with Crippen LogP contribution in [-0.4, -0.2) is 24.5 Å². The highest BCUT2D eigenvalue weighted by Gasteiger charge is 1.92. The Kier molecular flexibility index (Phi) is 1.22. The Labute approximate surface area is 42.2 Å². The molecule has 0 fully saturated rings. The van der Waals surface area contributed by atoms with Gasteiger partial charge in [-0.05, 0) is 5.57 Å². The maximum absolute atomic E-state index is 8.41. The molecule has 2 heteroatoms. The van der Waals surface area contributed by atoms with E-state index in [4.69, 9.17) is 5.11 Å². The van der Waals surface area contributed by atoms with E-state index in [1.807, 2.05) is 6.08 Å². The molecule has 0 saturated carbocycles. The third-order valence-electron chi connectivity index (χ3n) is 0.899. The Bertz CT molecular complexity index is 115. The molecule has 1 N–H and O–H groups in total. The normalized spacial score (nSPS) is 17.6. The fourth-order valence-corrected chi connectivity index (χ4v) is 0.498. The molecule has 1 aliphatic heterocycles. The summed E-state index contributed by atoms with van der Waals surface area (Å²) in [6.45, 7) is 0.874. The van der Waals surface area contributed by atoms with Crippen molar-refractivity contribution in [2.24, 2.45) is 4.99 Å². The molecule has 0 aliphatic carbocycles. The third kappa shape index (κ3) is 0.871. The van der Waals surface area contributed by atoms with Crippen LogP contribution in [0.15, 0.2) is 16.6 Å². The lowest BCUT2D eigenvalue weighted by Gasteiger charge is -1.81. The van der Waals surface area contributed by atoms with E-state index in [1.165, 1.54) is 0 Å². The largest absolute Gasteiger partial charge is 0.392 e. The van der Waals surface area contributed by atoms with E-state index in [1.54, 1.807) is 6.21 Å². The van der Waals surface area contributed by atoms with E-state index in [0.717, 1.165) is 12.1 Å². The van der Waals surface area contributed by atoms with Crippen LogP contribution in [0.2, 0.25) is 0 Å². The molecule has 2 nitrogen and oxygen atoms in total. The van der Waals surface area contributed by atoms with Gasteiger partial charge in [-0.3, -0.25) is 4.99 Å². The highest BCUT2D eigenvalue weighted by Crippen LogP contribution is 1.94. The lowest BCUT2D eigenvalue weighted by Crippen LogP contribution is -1.85. The van der Waals surface area contributed by atoms with Crippen molar-refractivity contribution in [1.82, 2.24) is 0 Å². The van der Waals surface area contributed by atoms with Gasteiger partial charge in [-0.1, -0.05) is 6.08 Å². The Hall–Kier alpha value is -0.630. The molecule has 0 aromatic rings. The Balaban J connectivity index is 2.52. The molecule has 0 spiro atoms. The fourth-order valence-electron chi connectivity index (χ4n) is 0.498. The molecule has 1 aliphatic rings. The smallest absolute Gasteiger partial charge is 0.0694 e. The molecule has 0 atom stereocenters. The number of aliphatic imine (C=N–C) groups is 1. The summed E-state index contributed by atoms with van der Waals surface area (Å²) in [5.41, 5.74) is 0.931. The topological polar surface area (TPSA) is 32.6 Å². The molecule has 0 unspecified atom stereocenters. The average Bonchev–Trinajstić information content (AvgIpc) is 2.14. The van der Waals surface area contributed by atoms with Crippen LogP contribution in [0.3, 0.4) is 0 Å². The summed E-state index contributed by atoms with van der Waals surface area (Å²) in [6, 6.07) is 0. The van der Waals surface area contributed by atoms with Gasteiger partial charge in [0.15, 0.2) is 0 Å². The van der Waals surface area contributed by atoms with Crippen molar-refractivity contribution >= 4 is 6.21 Å². The van der Waals surface area contributed by atoms with Gasteiger partial charge in [-0.2, -0.15) is 0 Å². The van der Waals surface area contributed by atoms with E-state index in [-0.39, 0.29) is 6.61 Å². The quantitative estimate of drug-likeness (QED) is 0.490. The second kappa shape index (κ2) is 1.89. The maximum Gasteiger partial charge on any atom is 0.0694 e. The molecule has 7 heavy (non-hydrogen) atoms. The molecular weight excluding hydrogens is 90.1 g/mol. The van der Waals surface area contributed by atoms with Crippen LogP contribution in [0.1, 0.15) is 0 Å². The standard InChI is InChI=1S/C5H7NO/c7-4-5-1-2-6-3-5/h1,3,7H,2,4H2. The van der Waals surface area contributed by atoms with Crippen LogP contribution < -0.4 is 0 Å². The van der Waals surface area contributed by atoms with Crippen molar-refractivity contribution in [3.8, 4) is 0 Å². The van der Waals surface area contributed by atoms with E-state index in [9.17, 15) is 0 Å². The Morgan fingerprint density at radius 3 is 3.00 bits per heavy atom. The van der Waals surface area contributed by atoms with E-state index >= 15 is 0 Å². The molecule has 38 valence electrons. The summed E-state index contributed by atoms with van der Waals surface area (Å²) in [5.74, 6) is 0. The van der Waals surface area contributed by atoms with Gasteiger partial charge in [0.2, 0.25) is 0 Å². The van der Waals surface area contributed by atoms with Crippen LogP contribution >= 0.6 is 0 Å². The molecule has 0 bridgehead atoms. The number of aliphatic hydroxyl groups excluding tert-OH is 1. The monoisotopic (exact) mass is 97.1 g/mol. The molecular formula is C5H7NO. The van der Waals surface area contributed by atoms with E-state index in [0.29, 0.717) is 0 Å². The van der Waals surface area contributed by atoms with Crippen molar-refractivity contribution in [2.75, 3.05) is 13.2 Å². The van der Waals surface area contributed by atoms with Crippen molar-refractivity contribution in [3.63, 3.8) is 0 Å². The van der Waals surface area contributed by atoms with Crippen LogP contribution in [-0.2, 0) is 0 Å². The van der Waals surface area contributed by atoms with Crippen molar-refractivity contribution in [1.29, 1.82) is 0 Å². The van der Waals surface area contributed by atoms with Gasteiger partial charge in [-0.15, -0.1) is 0 Å². The summed E-state index contributed by atoms with van der Waals surface area (Å²) in [5, 5.41) is 8.41. The highest BCUT2D eigenvalue weighted by molar-refractivity contribution is 5.80. The highest BCUT2D eigenvalue weighted by atomic mass is 16.3. The minimum absolute atomic E-state index is 0.128. The average molecular weight is 97.1 g/mol. The van der Waals surface area contributed by atoms with Crippen molar-refractivity contribution in [2.45, 2.75) is 0 Å². The van der Waals surface area contributed by atoms with Crippen LogP contribution in [0.5, 0.6) is 0 Å². The fraction of sp³-hybridized carbons (Fsp3) is 0.400. The first-order valence-electron chi connectivity index (χ1n) is 2.23. The first-order chi connectivity index (χ1) is 3.43. The van der Waals surface area contributed by atoms with Gasteiger partial charge in [0, 0.05) is 6.21 Å². The predicted molar refractivity (Wildman–Crippen MR) is 28.5 cm³/mol. The lowest BCUT2D eigenvalue weighted by atomic mass is 10.3. The zero-order valence-corrected chi connectivity index (χ0v) is 3.96. The van der Waals surface area contributed by atoms with Gasteiger partial charge in [0.25, 0.3) is 0 Å². The molecule has 0 amide bonds. The second-order valence-electron chi connectivity index (χ2n) is 1.43. The van der Waals surface area contributed by atoms with Gasteiger partial charge in [0.1, 0.15) is 0 Å². The number of nitrogens with zero attached hydrogens (tertiary/aromatic N) is 1. The second-order valence-corrected chi connectivity index (χ2v) is 1.43. The number of hydrogen-bond acceptors (Lipinski definition) is 2. The Morgan fingerprint density at radius 2 is 2.71 bits per heavy atom. The van der Waals surface area contributed by atoms with Crippen molar-refractivity contribution in [3.05, 3.63) is 11.6 Å². The minimum atomic E-state index is 0.128. The Morgan fingerprint density at radius 1 is 1.86 bits per heavy atom. The summed E-state index contributed by atoms with van der Waals surface area (Å²) in [6.07, 6.45) is 3.60. The third-order valence-corrected chi connectivity index (χ3v) is 0.899. The summed E-state index contributed by atoms with van der Waals surface area (Å²) < 4.78 is 0. The van der Waals surface area contributed by atoms with Gasteiger partial charge in [-0.25, -0.2) is 0 Å². The van der Waals surface area contributed by atoms with Crippen LogP contribution in [0.25, 0.3) is 0 Å². The number of aliphatic hydroxyl groups is 1. The molecule has 0 radical (unpaired) electrons. The summed E-state index contributed by atoms with van der Waals surface area (Å²) in [4.78, 5) is 3.86. The number of hydrogen-bond donors (Lipinski definition) is 1. The number of rotatable bonds is 1. The molecule has 0 aromatic carbocycles. The zero-order valence-electron chi connectivity index (χ0n) is 3.96. The summed E-state index contributed by atoms with van der Waals surface area (Å²) in [7, 11) is 0. The van der Waals surface area contributed by atoms with Crippen molar-refractivity contribution < 1.29 is 5.11 Å². The molecule has 0 saturated heterocycles. The first-order valence-corrected chi connectivity index (χ1v) is 2.23. The first kappa shape index (κ1) is 4.53. The van der Waals surface area contributed by atoms with Gasteiger partial charge < -0.3 is 5.11 Å². The summed E-state index contributed by atoms with van der Waals surface area (Å²) >= 11 is 0. The maximum atomic E-state index is 8.41. The molecule has 1 heterocycles. The minimum Gasteiger partial charge on any atom is -0.392 e. The van der Waals surface area contributed by atoms with Gasteiger partial charge in [0.05, 0.1) is 13.2 Å². The molecule has 1 rings (SSSR count). The predicted octanol–water partition coefficient (Wildman–Crippen LogP) is -0.0105. The van der Waals surface area contributed by atoms with Crippen LogP contribution in [0, 0.1) is 0 Å². The molecule has 0 aromatic heterocycles. The van der Waals surface area contributed by atoms with E-state index in [2.05, 4.69) is 4.99 Å². The van der Waals surface area contributed by atoms with Crippen LogP contribution in [0.4, 0.5) is 0 Å².